The van der Waals surface area contributed by atoms with Crippen LogP contribution in [0.4, 0.5) is 0 Å². The summed E-state index contributed by atoms with van der Waals surface area (Å²) in [6, 6.07) is 1.67. The molecule has 1 aliphatic rings. The van der Waals surface area contributed by atoms with Crippen molar-refractivity contribution in [3.05, 3.63) is 30.6 Å². The van der Waals surface area contributed by atoms with Crippen LogP contribution in [0.1, 0.15) is 27.6 Å². The number of halogens is 3. The van der Waals surface area contributed by atoms with Crippen LogP contribution in [0, 0.1) is 0 Å². The largest absolute Gasteiger partial charge is 0.275 e. The van der Waals surface area contributed by atoms with Crippen molar-refractivity contribution in [2.45, 2.75) is 6.92 Å². The molecule has 6 heteroatoms. The summed E-state index contributed by atoms with van der Waals surface area (Å²) in [5.41, 5.74) is 0.871. The second-order valence-corrected chi connectivity index (χ2v) is 5.70. The highest BCUT2D eigenvalue weighted by molar-refractivity contribution is 9.14. The van der Waals surface area contributed by atoms with Gasteiger partial charge in [0.15, 0.2) is 0 Å². The van der Waals surface area contributed by atoms with Crippen LogP contribution in [0.15, 0.2) is 19.5 Å². The molecule has 0 unspecified atom stereocenters. The van der Waals surface area contributed by atoms with Gasteiger partial charge in [0.25, 0.3) is 11.8 Å². The van der Waals surface area contributed by atoms with Crippen molar-refractivity contribution in [1.82, 2.24) is 4.90 Å². The molecule has 0 spiro atoms. The van der Waals surface area contributed by atoms with Gasteiger partial charge >= 0.3 is 0 Å². The number of carbonyl (C=O) groups is 2. The van der Waals surface area contributed by atoms with E-state index in [0.29, 0.717) is 22.1 Å². The fourth-order valence-electron chi connectivity index (χ4n) is 1.63. The normalized spacial score (nSPS) is 14.6. The fraction of sp³-hybridized carbons (Fsp3) is 0.200. The number of rotatable bonds is 1. The molecular weight excluding hydrogens is 406 g/mol. The molecule has 0 aromatic heterocycles. The highest BCUT2D eigenvalue weighted by atomic mass is 79.9. The number of fused-ring (bicyclic) bond motifs is 1. The van der Waals surface area contributed by atoms with Crippen LogP contribution >= 0.6 is 47.8 Å². The van der Waals surface area contributed by atoms with Gasteiger partial charge in [-0.2, -0.15) is 0 Å². The second kappa shape index (κ2) is 4.23. The Morgan fingerprint density at radius 2 is 1.75 bits per heavy atom. The summed E-state index contributed by atoms with van der Waals surface area (Å²) in [7, 11) is 0. The molecule has 16 heavy (non-hydrogen) atoms. The van der Waals surface area contributed by atoms with Crippen LogP contribution in [0.5, 0.6) is 0 Å². The number of imide groups is 1. The Bertz CT molecular complexity index is 513. The first-order valence-electron chi connectivity index (χ1n) is 4.52. The lowest BCUT2D eigenvalue weighted by Crippen LogP contribution is -2.29. The highest BCUT2D eigenvalue weighted by Gasteiger charge is 2.37. The molecule has 1 heterocycles. The number of benzene rings is 1. The smallest absolute Gasteiger partial charge is 0.262 e. The van der Waals surface area contributed by atoms with Crippen LogP contribution in [0.25, 0.3) is 0 Å². The van der Waals surface area contributed by atoms with Crippen molar-refractivity contribution in [2.24, 2.45) is 0 Å². The zero-order valence-electron chi connectivity index (χ0n) is 8.18. The quantitative estimate of drug-likeness (QED) is 0.523. The van der Waals surface area contributed by atoms with E-state index in [4.69, 9.17) is 0 Å². The van der Waals surface area contributed by atoms with Crippen LogP contribution in [-0.2, 0) is 0 Å². The molecular formula is C10H6Br3NO2. The standard InChI is InChI=1S/C10H6Br3NO2/c1-2-14-9(15)4-3-5(11)7(12)8(13)6(4)10(14)16/h3H,2H2,1H3. The summed E-state index contributed by atoms with van der Waals surface area (Å²) in [6.07, 6.45) is 0. The maximum atomic E-state index is 12.0. The lowest BCUT2D eigenvalue weighted by Gasteiger charge is -2.09. The monoisotopic (exact) mass is 409 g/mol. The van der Waals surface area contributed by atoms with E-state index >= 15 is 0 Å². The maximum absolute atomic E-state index is 12.0. The van der Waals surface area contributed by atoms with Gasteiger partial charge < -0.3 is 0 Å². The van der Waals surface area contributed by atoms with E-state index in [2.05, 4.69) is 47.8 Å². The summed E-state index contributed by atoms with van der Waals surface area (Å²) < 4.78 is 2.11. The number of nitrogens with zero attached hydrogens (tertiary/aromatic N) is 1. The first kappa shape index (κ1) is 12.3. The van der Waals surface area contributed by atoms with Gasteiger partial charge in [-0.15, -0.1) is 0 Å². The molecule has 1 aromatic carbocycles. The van der Waals surface area contributed by atoms with Crippen LogP contribution < -0.4 is 0 Å². The van der Waals surface area contributed by atoms with Gasteiger partial charge in [-0.3, -0.25) is 14.5 Å². The van der Waals surface area contributed by atoms with Gasteiger partial charge in [0.2, 0.25) is 0 Å². The van der Waals surface area contributed by atoms with E-state index in [-0.39, 0.29) is 11.8 Å². The molecule has 0 N–H and O–H groups in total. The van der Waals surface area contributed by atoms with E-state index < -0.39 is 0 Å². The first-order valence-corrected chi connectivity index (χ1v) is 6.90. The lowest BCUT2D eigenvalue weighted by atomic mass is 10.1. The van der Waals surface area contributed by atoms with Crippen LogP contribution in [-0.4, -0.2) is 23.3 Å². The Morgan fingerprint density at radius 3 is 2.31 bits per heavy atom. The Labute approximate surface area is 118 Å². The molecule has 0 bridgehead atoms. The SMILES string of the molecule is CCN1C(=O)c2cc(Br)c(Br)c(Br)c2C1=O. The summed E-state index contributed by atoms with van der Waals surface area (Å²) in [5.74, 6) is -0.487. The van der Waals surface area contributed by atoms with Crippen molar-refractivity contribution in [3.63, 3.8) is 0 Å². The number of hydrogen-bond acceptors (Lipinski definition) is 2. The third-order valence-electron chi connectivity index (χ3n) is 2.41. The number of hydrogen-bond donors (Lipinski definition) is 0. The van der Waals surface area contributed by atoms with E-state index in [1.54, 1.807) is 13.0 Å². The Morgan fingerprint density at radius 1 is 1.12 bits per heavy atom. The summed E-state index contributed by atoms with van der Waals surface area (Å²) in [6.45, 7) is 2.16. The minimum Gasteiger partial charge on any atom is -0.275 e. The average molecular weight is 412 g/mol. The zero-order valence-corrected chi connectivity index (χ0v) is 12.9. The molecule has 0 atom stereocenters. The molecule has 2 amide bonds. The minimum atomic E-state index is -0.248. The molecule has 2 rings (SSSR count). The predicted octanol–water partition coefficient (Wildman–Crippen LogP) is 3.59. The average Bonchev–Trinajstić information content (AvgIpc) is 2.48. The molecule has 0 aliphatic carbocycles. The Balaban J connectivity index is 2.73. The van der Waals surface area contributed by atoms with Gasteiger partial charge in [-0.05, 0) is 60.8 Å². The number of carbonyl (C=O) groups excluding carboxylic acids is 2. The van der Waals surface area contributed by atoms with E-state index in [1.807, 2.05) is 0 Å². The molecule has 1 aliphatic heterocycles. The van der Waals surface area contributed by atoms with Crippen molar-refractivity contribution in [3.8, 4) is 0 Å². The van der Waals surface area contributed by atoms with Gasteiger partial charge in [0.05, 0.1) is 11.1 Å². The molecule has 3 nitrogen and oxygen atoms in total. The van der Waals surface area contributed by atoms with Gasteiger partial charge in [-0.1, -0.05) is 0 Å². The van der Waals surface area contributed by atoms with E-state index in [1.165, 1.54) is 4.90 Å². The van der Waals surface area contributed by atoms with E-state index in [9.17, 15) is 9.59 Å². The first-order chi connectivity index (χ1) is 7.49. The van der Waals surface area contributed by atoms with Gasteiger partial charge in [-0.25, -0.2) is 0 Å². The topological polar surface area (TPSA) is 37.4 Å². The minimum absolute atomic E-state index is 0.239. The zero-order chi connectivity index (χ0) is 12.0. The lowest BCUT2D eigenvalue weighted by molar-refractivity contribution is 0.0662. The van der Waals surface area contributed by atoms with Crippen molar-refractivity contribution in [1.29, 1.82) is 0 Å². The summed E-state index contributed by atoms with van der Waals surface area (Å²) in [4.78, 5) is 25.1. The maximum Gasteiger partial charge on any atom is 0.262 e. The van der Waals surface area contributed by atoms with Crippen molar-refractivity contribution in [2.75, 3.05) is 6.54 Å². The van der Waals surface area contributed by atoms with E-state index in [0.717, 1.165) is 8.95 Å². The molecule has 0 saturated carbocycles. The number of amides is 2. The molecule has 1 aromatic rings. The van der Waals surface area contributed by atoms with Crippen LogP contribution in [0.2, 0.25) is 0 Å². The Hall–Kier alpha value is -0.200. The van der Waals surface area contributed by atoms with Crippen molar-refractivity contribution >= 4 is 59.6 Å². The third kappa shape index (κ3) is 1.58. The third-order valence-corrected chi connectivity index (χ3v) is 5.72. The predicted molar refractivity (Wildman–Crippen MR) is 70.6 cm³/mol. The summed E-state index contributed by atoms with van der Waals surface area (Å²) in [5, 5.41) is 0. The molecule has 0 saturated heterocycles. The molecule has 84 valence electrons. The molecule has 0 radical (unpaired) electrons. The second-order valence-electron chi connectivity index (χ2n) is 3.26. The van der Waals surface area contributed by atoms with Gasteiger partial charge in [0, 0.05) is 20.0 Å². The summed E-state index contributed by atoms with van der Waals surface area (Å²) >= 11 is 10.0. The highest BCUT2D eigenvalue weighted by Crippen LogP contribution is 2.39. The van der Waals surface area contributed by atoms with Gasteiger partial charge in [0.1, 0.15) is 0 Å². The molecule has 0 fully saturated rings. The fourth-order valence-corrected chi connectivity index (χ4v) is 3.24. The Kier molecular flexibility index (Phi) is 3.25. The van der Waals surface area contributed by atoms with Crippen LogP contribution in [0.3, 0.4) is 0 Å². The van der Waals surface area contributed by atoms with Crippen molar-refractivity contribution < 1.29 is 9.59 Å².